The van der Waals surface area contributed by atoms with E-state index in [1.807, 2.05) is 0 Å². The number of piperazine rings is 1. The van der Waals surface area contributed by atoms with Crippen molar-refractivity contribution < 1.29 is 47.0 Å². The number of carboxylic acids is 1. The SMILES string of the molecule is CCOC(=O)N1CCN(C(=O)OCCC2CCN(C(=O)NC[C@H](NC(=O)[C@H]3CCCN3S(=O)(=O)c3cc(Cl)cc(Cl)c3)C(=O)O)CC2)CC1. The third-order valence-corrected chi connectivity index (χ3v) is 11.1. The number of ether oxygens (including phenoxy) is 2. The monoisotopic (exact) mass is 748 g/mol. The van der Waals surface area contributed by atoms with Gasteiger partial charge in [0.25, 0.3) is 0 Å². The molecule has 3 saturated heterocycles. The van der Waals surface area contributed by atoms with Gasteiger partial charge in [-0.1, -0.05) is 23.2 Å². The molecule has 2 atom stereocenters. The zero-order chi connectivity index (χ0) is 35.7. The molecule has 4 rings (SSSR count). The molecule has 0 aliphatic carbocycles. The average molecular weight is 750 g/mol. The molecule has 19 heteroatoms. The Morgan fingerprint density at radius 3 is 2.04 bits per heavy atom. The summed E-state index contributed by atoms with van der Waals surface area (Å²) >= 11 is 12.0. The summed E-state index contributed by atoms with van der Waals surface area (Å²) in [5, 5.41) is 14.9. The number of nitrogens with one attached hydrogen (secondary N) is 2. The number of urea groups is 1. The van der Waals surface area contributed by atoms with E-state index in [1.165, 1.54) is 18.2 Å². The number of rotatable bonds is 11. The van der Waals surface area contributed by atoms with E-state index < -0.39 is 58.7 Å². The summed E-state index contributed by atoms with van der Waals surface area (Å²) in [4.78, 5) is 66.7. The third kappa shape index (κ3) is 10.2. The van der Waals surface area contributed by atoms with Crippen LogP contribution >= 0.6 is 23.2 Å². The number of hydrogen-bond acceptors (Lipinski definition) is 9. The summed E-state index contributed by atoms with van der Waals surface area (Å²) in [5.41, 5.74) is 0. The molecule has 0 bridgehead atoms. The van der Waals surface area contributed by atoms with E-state index in [9.17, 15) is 37.5 Å². The third-order valence-electron chi connectivity index (χ3n) is 8.74. The number of hydrogen-bond donors (Lipinski definition) is 3. The molecule has 3 aliphatic heterocycles. The number of halogens is 2. The first-order valence-corrected chi connectivity index (χ1v) is 18.4. The van der Waals surface area contributed by atoms with Crippen LogP contribution in [-0.4, -0.2) is 140 Å². The number of amides is 5. The van der Waals surface area contributed by atoms with Crippen molar-refractivity contribution in [2.45, 2.75) is 56.0 Å². The van der Waals surface area contributed by atoms with Crippen molar-refractivity contribution in [1.82, 2.24) is 29.6 Å². The maximum atomic E-state index is 13.3. The van der Waals surface area contributed by atoms with Crippen LogP contribution in [0.25, 0.3) is 0 Å². The minimum Gasteiger partial charge on any atom is -0.480 e. The molecule has 0 unspecified atom stereocenters. The van der Waals surface area contributed by atoms with E-state index in [4.69, 9.17) is 32.7 Å². The summed E-state index contributed by atoms with van der Waals surface area (Å²) in [6, 6.07) is 0.692. The van der Waals surface area contributed by atoms with Crippen LogP contribution in [0.15, 0.2) is 23.1 Å². The second kappa shape index (κ2) is 17.4. The Hall–Kier alpha value is -3.54. The fraction of sp³-hybridized carbons (Fsp3) is 0.633. The second-order valence-corrected chi connectivity index (χ2v) is 14.7. The van der Waals surface area contributed by atoms with Crippen molar-refractivity contribution >= 4 is 63.3 Å². The van der Waals surface area contributed by atoms with E-state index in [-0.39, 0.29) is 47.0 Å². The molecule has 3 aliphatic rings. The van der Waals surface area contributed by atoms with Crippen molar-refractivity contribution in [1.29, 1.82) is 0 Å². The molecule has 272 valence electrons. The molecule has 1 aromatic carbocycles. The van der Waals surface area contributed by atoms with E-state index in [0.717, 1.165) is 4.31 Å². The Bertz CT molecular complexity index is 1460. The first-order chi connectivity index (χ1) is 23.3. The predicted molar refractivity (Wildman–Crippen MR) is 177 cm³/mol. The Labute approximate surface area is 295 Å². The highest BCUT2D eigenvalue weighted by Crippen LogP contribution is 2.30. The van der Waals surface area contributed by atoms with Gasteiger partial charge < -0.3 is 39.9 Å². The van der Waals surface area contributed by atoms with Gasteiger partial charge in [0.1, 0.15) is 12.1 Å². The van der Waals surface area contributed by atoms with E-state index in [0.29, 0.717) is 65.0 Å². The maximum Gasteiger partial charge on any atom is 0.409 e. The molecule has 49 heavy (non-hydrogen) atoms. The van der Waals surface area contributed by atoms with Gasteiger partial charge >= 0.3 is 24.2 Å². The number of nitrogens with zero attached hydrogens (tertiary/aromatic N) is 4. The van der Waals surface area contributed by atoms with Crippen LogP contribution in [0.1, 0.15) is 39.0 Å². The van der Waals surface area contributed by atoms with Gasteiger partial charge in [0.2, 0.25) is 15.9 Å². The van der Waals surface area contributed by atoms with Gasteiger partial charge in [0, 0.05) is 55.9 Å². The van der Waals surface area contributed by atoms with Crippen molar-refractivity contribution in [3.8, 4) is 0 Å². The van der Waals surface area contributed by atoms with Crippen LogP contribution in [0.3, 0.4) is 0 Å². The van der Waals surface area contributed by atoms with E-state index in [2.05, 4.69) is 10.6 Å². The van der Waals surface area contributed by atoms with E-state index in [1.54, 1.807) is 21.6 Å². The second-order valence-electron chi connectivity index (χ2n) is 12.0. The molecule has 5 amide bonds. The number of benzene rings is 1. The smallest absolute Gasteiger partial charge is 0.409 e. The lowest BCUT2D eigenvalue weighted by Gasteiger charge is -2.34. The number of carbonyl (C=O) groups excluding carboxylic acids is 4. The number of aliphatic carboxylic acids is 1. The quantitative estimate of drug-likeness (QED) is 0.303. The Balaban J connectivity index is 1.18. The minimum absolute atomic E-state index is 0.0489. The average Bonchev–Trinajstić information content (AvgIpc) is 3.58. The number of carboxylic acid groups (broad SMARTS) is 1. The first-order valence-electron chi connectivity index (χ1n) is 16.2. The highest BCUT2D eigenvalue weighted by atomic mass is 35.5. The molecule has 1 aromatic rings. The molecule has 0 radical (unpaired) electrons. The number of piperidine rings is 1. The van der Waals surface area contributed by atoms with Gasteiger partial charge in [-0.3, -0.25) is 4.79 Å². The fourth-order valence-electron chi connectivity index (χ4n) is 5.99. The lowest BCUT2D eigenvalue weighted by atomic mass is 9.94. The highest BCUT2D eigenvalue weighted by Gasteiger charge is 2.41. The van der Waals surface area contributed by atoms with Crippen molar-refractivity contribution in [3.63, 3.8) is 0 Å². The fourth-order valence-corrected chi connectivity index (χ4v) is 8.37. The molecule has 3 heterocycles. The largest absolute Gasteiger partial charge is 0.480 e. The van der Waals surface area contributed by atoms with Crippen molar-refractivity contribution in [2.24, 2.45) is 5.92 Å². The Morgan fingerprint density at radius 2 is 1.47 bits per heavy atom. The van der Waals surface area contributed by atoms with E-state index >= 15 is 0 Å². The predicted octanol–water partition coefficient (Wildman–Crippen LogP) is 2.44. The van der Waals surface area contributed by atoms with Crippen LogP contribution in [0.4, 0.5) is 14.4 Å². The minimum atomic E-state index is -4.16. The topological polar surface area (TPSA) is 195 Å². The molecule has 0 spiro atoms. The summed E-state index contributed by atoms with van der Waals surface area (Å²) < 4.78 is 38.0. The molecule has 0 aromatic heterocycles. The van der Waals surface area contributed by atoms with Crippen LogP contribution in [0, 0.1) is 5.92 Å². The van der Waals surface area contributed by atoms with Gasteiger partial charge in [0.05, 0.1) is 24.7 Å². The Morgan fingerprint density at radius 1 is 0.878 bits per heavy atom. The normalized spacial score (nSPS) is 19.7. The van der Waals surface area contributed by atoms with Crippen LogP contribution in [-0.2, 0) is 29.1 Å². The lowest BCUT2D eigenvalue weighted by molar-refractivity contribution is -0.142. The summed E-state index contributed by atoms with van der Waals surface area (Å²) in [6.45, 7) is 4.17. The molecule has 3 N–H and O–H groups in total. The van der Waals surface area contributed by atoms with Crippen LogP contribution < -0.4 is 10.6 Å². The van der Waals surface area contributed by atoms with Gasteiger partial charge in [0.15, 0.2) is 0 Å². The van der Waals surface area contributed by atoms with Gasteiger partial charge in [-0.25, -0.2) is 27.6 Å². The number of likely N-dealkylation sites (tertiary alicyclic amines) is 1. The Kier molecular flexibility index (Phi) is 13.6. The lowest BCUT2D eigenvalue weighted by Crippen LogP contribution is -2.55. The molecule has 3 fully saturated rings. The maximum absolute atomic E-state index is 13.3. The molecule has 0 saturated carbocycles. The van der Waals surface area contributed by atoms with Crippen molar-refractivity contribution in [3.05, 3.63) is 28.2 Å². The van der Waals surface area contributed by atoms with Gasteiger partial charge in [-0.2, -0.15) is 4.31 Å². The zero-order valence-electron chi connectivity index (χ0n) is 27.1. The number of sulfonamides is 1. The molecular formula is C30H42Cl2N6O10S. The standard InChI is InChI=1S/C30H42Cl2N6O10S/c1-2-47-29(43)36-11-13-37(14-12-36)30(44)48-15-7-20-5-9-35(10-6-20)28(42)33-19-24(27(40)41)34-26(39)25-4-3-8-38(25)49(45,46)23-17-21(31)16-22(32)18-23/h16-18,20,24-25H,2-15,19H2,1H3,(H,33,42)(H,34,39)(H,40,41)/t24-,25+/m0/s1. The molecular weight excluding hydrogens is 707 g/mol. The highest BCUT2D eigenvalue weighted by molar-refractivity contribution is 7.89. The van der Waals surface area contributed by atoms with Gasteiger partial charge in [-0.05, 0) is 63.1 Å². The zero-order valence-corrected chi connectivity index (χ0v) is 29.5. The molecule has 16 nitrogen and oxygen atoms in total. The first kappa shape index (κ1) is 38.3. The summed E-state index contributed by atoms with van der Waals surface area (Å²) in [6.07, 6.45) is 1.67. The van der Waals surface area contributed by atoms with Crippen LogP contribution in [0.2, 0.25) is 10.0 Å². The number of carbonyl (C=O) groups is 5. The summed E-state index contributed by atoms with van der Waals surface area (Å²) in [7, 11) is -4.16. The van der Waals surface area contributed by atoms with Gasteiger partial charge in [-0.15, -0.1) is 0 Å². The summed E-state index contributed by atoms with van der Waals surface area (Å²) in [5.74, 6) is -1.97. The van der Waals surface area contributed by atoms with Crippen LogP contribution in [0.5, 0.6) is 0 Å². The van der Waals surface area contributed by atoms with Crippen molar-refractivity contribution in [2.75, 3.05) is 65.6 Å².